The molecule has 8 nitrogen and oxygen atoms in total. The van der Waals surface area contributed by atoms with Crippen molar-refractivity contribution in [1.82, 2.24) is 19.9 Å². The summed E-state index contributed by atoms with van der Waals surface area (Å²) in [6.07, 6.45) is 2.03. The Morgan fingerprint density at radius 3 is 2.51 bits per heavy atom. The number of hydrogen-bond donors (Lipinski definition) is 4. The normalized spacial score (nSPS) is 10.9. The van der Waals surface area contributed by atoms with Crippen molar-refractivity contribution in [3.63, 3.8) is 0 Å². The number of anilines is 1. The van der Waals surface area contributed by atoms with Crippen molar-refractivity contribution < 1.29 is 26.0 Å². The summed E-state index contributed by atoms with van der Waals surface area (Å²) in [7, 11) is 0. The van der Waals surface area contributed by atoms with E-state index in [4.69, 9.17) is 5.73 Å². The Labute approximate surface area is 220 Å². The summed E-state index contributed by atoms with van der Waals surface area (Å²) in [5.41, 5.74) is 7.13. The molecule has 0 saturated carbocycles. The molecule has 3 rings (SSSR count). The number of amides is 1. The maximum atomic E-state index is 13.6. The van der Waals surface area contributed by atoms with Crippen molar-refractivity contribution >= 4 is 36.5 Å². The van der Waals surface area contributed by atoms with Gasteiger partial charge in [-0.3, -0.25) is 14.6 Å². The largest absolute Gasteiger partial charge is 1.00 e. The van der Waals surface area contributed by atoms with Gasteiger partial charge in [-0.15, -0.1) is 24.8 Å². The first-order valence-electron chi connectivity index (χ1n) is 10.1. The molecule has 192 valence electrons. The summed E-state index contributed by atoms with van der Waals surface area (Å²) in [5.74, 6) is -0.662. The number of carbonyl (C=O) groups excluding carboxylic acids is 1. The van der Waals surface area contributed by atoms with E-state index in [2.05, 4.69) is 20.6 Å². The fraction of sp³-hybridized carbons (Fsp3) is 0.273. The van der Waals surface area contributed by atoms with Crippen LogP contribution in [0, 0.1) is 0 Å². The van der Waals surface area contributed by atoms with Crippen LogP contribution in [0.15, 0.2) is 65.8 Å². The van der Waals surface area contributed by atoms with E-state index in [1.54, 1.807) is 12.1 Å². The molecule has 0 aliphatic rings. The quantitative estimate of drug-likeness (QED) is 0.263. The highest BCUT2D eigenvalue weighted by Gasteiger charge is 2.28. The third kappa shape index (κ3) is 9.06. The first-order valence-corrected chi connectivity index (χ1v) is 10.1. The molecule has 5 N–H and O–H groups in total. The van der Waals surface area contributed by atoms with Crippen molar-refractivity contribution in [2.45, 2.75) is 32.0 Å². The van der Waals surface area contributed by atoms with Crippen LogP contribution >= 0.6 is 24.8 Å². The number of rotatable bonds is 10. The summed E-state index contributed by atoms with van der Waals surface area (Å²) in [5, 5.41) is 5.26. The number of nitrogens with one attached hydrogen (secondary N) is 3. The second-order valence-corrected chi connectivity index (χ2v) is 7.07. The molecule has 1 amide bonds. The van der Waals surface area contributed by atoms with Gasteiger partial charge in [0.2, 0.25) is 5.91 Å². The van der Waals surface area contributed by atoms with Crippen LogP contribution in [0.1, 0.15) is 22.9 Å². The Morgan fingerprint density at radius 1 is 1.17 bits per heavy atom. The lowest BCUT2D eigenvalue weighted by Gasteiger charge is -2.15. The van der Waals surface area contributed by atoms with Crippen molar-refractivity contribution in [3.8, 4) is 0 Å². The van der Waals surface area contributed by atoms with Gasteiger partial charge in [-0.2, -0.15) is 0 Å². The highest BCUT2D eigenvalue weighted by Crippen LogP contribution is 2.21. The fourth-order valence-corrected chi connectivity index (χ4v) is 3.23. The zero-order valence-corrected chi connectivity index (χ0v) is 20.9. The predicted octanol–water partition coefficient (Wildman–Crippen LogP) is -0.0640. The molecule has 0 aliphatic carbocycles. The van der Waals surface area contributed by atoms with Crippen molar-refractivity contribution in [3.05, 3.63) is 88.2 Å². The van der Waals surface area contributed by atoms with Crippen LogP contribution in [-0.4, -0.2) is 33.4 Å². The maximum Gasteiger partial charge on any atom is 0.293 e. The van der Waals surface area contributed by atoms with Gasteiger partial charge in [0.25, 0.3) is 12.0 Å². The monoisotopic (exact) mass is 550 g/mol. The van der Waals surface area contributed by atoms with Crippen molar-refractivity contribution in [2.75, 3.05) is 11.9 Å². The molecule has 0 fully saturated rings. The number of alkyl halides is 2. The first-order chi connectivity index (χ1) is 15.5. The molecule has 35 heavy (non-hydrogen) atoms. The van der Waals surface area contributed by atoms with E-state index >= 15 is 0 Å². The van der Waals surface area contributed by atoms with E-state index < -0.39 is 23.9 Å². The number of carbonyl (C=O) groups is 1. The van der Waals surface area contributed by atoms with Crippen LogP contribution < -0.4 is 34.3 Å². The molecule has 1 aromatic carbocycles. The number of benzene rings is 1. The molecule has 0 saturated heterocycles. The predicted molar refractivity (Wildman–Crippen MR) is 132 cm³/mol. The van der Waals surface area contributed by atoms with Gasteiger partial charge in [0.05, 0.1) is 12.1 Å². The minimum absolute atomic E-state index is 0. The lowest BCUT2D eigenvalue weighted by Crippen LogP contribution is -3.00. The number of halogens is 5. The molecule has 0 aliphatic heterocycles. The second-order valence-electron chi connectivity index (χ2n) is 7.07. The van der Waals surface area contributed by atoms with Gasteiger partial charge >= 0.3 is 0 Å². The fourth-order valence-electron chi connectivity index (χ4n) is 3.23. The number of nitrogens with two attached hydrogens (primary N) is 1. The Kier molecular flexibility index (Phi) is 14.7. The lowest BCUT2D eigenvalue weighted by molar-refractivity contribution is -0.121. The van der Waals surface area contributed by atoms with E-state index in [9.17, 15) is 18.4 Å². The molecule has 0 spiro atoms. The summed E-state index contributed by atoms with van der Waals surface area (Å²) in [6.45, 7) is 0.511. The molecular weight excluding hydrogens is 525 g/mol. The van der Waals surface area contributed by atoms with Crippen LogP contribution in [0.4, 0.5) is 14.6 Å². The van der Waals surface area contributed by atoms with E-state index in [-0.39, 0.29) is 61.8 Å². The SMILES string of the molecule is Cl.Cl.NCCc1ccccc1CNC(=O)Cn1ccnc(NC([c+]2cccc[nH]2)C(F)F)c1=O.[Cl-]. The van der Waals surface area contributed by atoms with Crippen molar-refractivity contribution in [2.24, 2.45) is 5.73 Å². The van der Waals surface area contributed by atoms with Crippen LogP contribution in [0.3, 0.4) is 0 Å². The third-order valence-corrected chi connectivity index (χ3v) is 4.85. The van der Waals surface area contributed by atoms with Gasteiger partial charge in [0.1, 0.15) is 18.4 Å². The van der Waals surface area contributed by atoms with Gasteiger partial charge in [-0.05, 0) is 24.1 Å². The summed E-state index contributed by atoms with van der Waals surface area (Å²) < 4.78 is 28.3. The van der Waals surface area contributed by atoms with Crippen LogP contribution in [-0.2, 0) is 24.3 Å². The van der Waals surface area contributed by atoms with E-state index in [1.165, 1.54) is 24.7 Å². The zero-order valence-electron chi connectivity index (χ0n) is 18.5. The minimum Gasteiger partial charge on any atom is -1.00 e. The number of hydrogen-bond acceptors (Lipinski definition) is 5. The Hall–Kier alpha value is -2.79. The lowest BCUT2D eigenvalue weighted by atomic mass is 10.0. The van der Waals surface area contributed by atoms with Gasteiger partial charge < -0.3 is 33.3 Å². The Balaban J connectivity index is 0.00000385. The third-order valence-electron chi connectivity index (χ3n) is 4.85. The summed E-state index contributed by atoms with van der Waals surface area (Å²) in [4.78, 5) is 31.7. The molecule has 2 aromatic heterocycles. The average molecular weight is 552 g/mol. The van der Waals surface area contributed by atoms with E-state index in [0.29, 0.717) is 13.0 Å². The minimum atomic E-state index is -2.79. The average Bonchev–Trinajstić information content (AvgIpc) is 2.79. The van der Waals surface area contributed by atoms with Gasteiger partial charge in [0.15, 0.2) is 11.9 Å². The number of aromatic nitrogens is 3. The molecule has 0 bridgehead atoms. The molecule has 2 heterocycles. The van der Waals surface area contributed by atoms with Crippen molar-refractivity contribution in [1.29, 1.82) is 0 Å². The summed E-state index contributed by atoms with van der Waals surface area (Å²) in [6, 6.07) is 10.9. The molecular formula is C22H27Cl3F2N6O2. The number of pyridine rings is 1. The highest BCUT2D eigenvalue weighted by molar-refractivity contribution is 5.85. The highest BCUT2D eigenvalue weighted by atomic mass is 35.5. The summed E-state index contributed by atoms with van der Waals surface area (Å²) >= 11 is 0. The Morgan fingerprint density at radius 2 is 1.89 bits per heavy atom. The van der Waals surface area contributed by atoms with E-state index in [1.807, 2.05) is 24.3 Å². The molecule has 0 radical (unpaired) electrons. The van der Waals surface area contributed by atoms with Gasteiger partial charge in [0, 0.05) is 25.0 Å². The van der Waals surface area contributed by atoms with Gasteiger partial charge in [-0.25, -0.2) is 13.8 Å². The number of nitrogens with zero attached hydrogens (tertiary/aromatic N) is 2. The second kappa shape index (κ2) is 16.0. The Bertz CT molecular complexity index is 1110. The van der Waals surface area contributed by atoms with Crippen LogP contribution in [0.2, 0.25) is 0 Å². The molecule has 13 heteroatoms. The molecule has 1 unspecified atom stereocenters. The topological polar surface area (TPSA) is 118 Å². The number of aromatic amines is 1. The maximum absolute atomic E-state index is 13.6. The van der Waals surface area contributed by atoms with Gasteiger partial charge in [-0.1, -0.05) is 24.3 Å². The molecule has 3 aromatic rings. The number of H-pyrrole nitrogens is 1. The smallest absolute Gasteiger partial charge is 0.293 e. The van der Waals surface area contributed by atoms with E-state index in [0.717, 1.165) is 15.7 Å². The first kappa shape index (κ1) is 32.2. The van der Waals surface area contributed by atoms with Crippen LogP contribution in [0.25, 0.3) is 0 Å². The standard InChI is InChI=1S/C22H24F2N6O2.3ClH/c23-20(24)19(17-7-3-4-10-26-17)29-21-22(32)30(12-11-27-21)14-18(31)28-13-16-6-2-1-5-15(16)8-9-25;;;/h1-7,10-12,19-20,26H,8-9,13-14,25H2,(H-,27,28,29,31);3*1H. The van der Waals surface area contributed by atoms with Crippen LogP contribution in [0.5, 0.6) is 0 Å². The zero-order chi connectivity index (χ0) is 22.9. The molecule has 1 atom stereocenters.